The molecule has 2 aromatic rings. The molecule has 0 unspecified atom stereocenters. The van der Waals surface area contributed by atoms with E-state index in [-0.39, 0.29) is 5.91 Å². The van der Waals surface area contributed by atoms with Crippen LogP contribution < -0.4 is 11.1 Å². The molecule has 102 valence electrons. The van der Waals surface area contributed by atoms with Gasteiger partial charge in [0.05, 0.1) is 0 Å². The minimum absolute atomic E-state index is 0.0794. The lowest BCUT2D eigenvalue weighted by atomic mass is 10.1. The van der Waals surface area contributed by atoms with Crippen LogP contribution >= 0.6 is 0 Å². The number of nitrogens with one attached hydrogen (secondary N) is 1. The Morgan fingerprint density at radius 2 is 1.75 bits per heavy atom. The first-order chi connectivity index (χ1) is 9.74. The Kier molecular flexibility index (Phi) is 4.95. The lowest BCUT2D eigenvalue weighted by molar-refractivity contribution is -0.116. The largest absolute Gasteiger partial charge is 0.399 e. The van der Waals surface area contributed by atoms with Gasteiger partial charge in [0, 0.05) is 18.3 Å². The molecule has 0 aliphatic heterocycles. The number of hydrogen-bond donors (Lipinski definition) is 2. The Labute approximate surface area is 119 Å². The topological polar surface area (TPSA) is 55.1 Å². The van der Waals surface area contributed by atoms with Gasteiger partial charge >= 0.3 is 0 Å². The summed E-state index contributed by atoms with van der Waals surface area (Å²) in [6.45, 7) is 0.613. The molecule has 3 heteroatoms. The second-order valence-electron chi connectivity index (χ2n) is 4.53. The van der Waals surface area contributed by atoms with E-state index in [0.717, 1.165) is 23.2 Å². The number of anilines is 1. The number of rotatable bonds is 5. The second-order valence-corrected chi connectivity index (χ2v) is 4.53. The standard InChI is InChI=1S/C17H18N2O/c18-16-9-6-15(7-10-16)12-13-19-17(20)11-8-14-4-2-1-3-5-14/h1-11H,12-13,18H2,(H,19,20). The number of nitrogens with two attached hydrogens (primary N) is 1. The highest BCUT2D eigenvalue weighted by Gasteiger charge is 1.96. The predicted octanol–water partition coefficient (Wildman–Crippen LogP) is 2.64. The zero-order valence-corrected chi connectivity index (χ0v) is 11.3. The molecular weight excluding hydrogens is 248 g/mol. The van der Waals surface area contributed by atoms with Crippen molar-refractivity contribution in [3.05, 3.63) is 71.8 Å². The molecule has 0 bridgehead atoms. The number of nitrogen functional groups attached to an aromatic ring is 1. The fraction of sp³-hybridized carbons (Fsp3) is 0.118. The number of hydrogen-bond acceptors (Lipinski definition) is 2. The fourth-order valence-corrected chi connectivity index (χ4v) is 1.81. The average molecular weight is 266 g/mol. The molecule has 0 saturated carbocycles. The van der Waals surface area contributed by atoms with Crippen molar-refractivity contribution in [2.24, 2.45) is 0 Å². The molecule has 0 spiro atoms. The summed E-state index contributed by atoms with van der Waals surface area (Å²) in [6, 6.07) is 17.4. The molecule has 2 aromatic carbocycles. The highest BCUT2D eigenvalue weighted by molar-refractivity contribution is 5.91. The van der Waals surface area contributed by atoms with Crippen LogP contribution in [0.15, 0.2) is 60.7 Å². The Morgan fingerprint density at radius 1 is 1.05 bits per heavy atom. The smallest absolute Gasteiger partial charge is 0.244 e. The van der Waals surface area contributed by atoms with Crippen molar-refractivity contribution in [1.82, 2.24) is 5.32 Å². The highest BCUT2D eigenvalue weighted by Crippen LogP contribution is 2.05. The maximum atomic E-state index is 11.6. The van der Waals surface area contributed by atoms with Gasteiger partial charge in [-0.05, 0) is 35.8 Å². The van der Waals surface area contributed by atoms with E-state index in [0.29, 0.717) is 6.54 Å². The summed E-state index contributed by atoms with van der Waals surface area (Å²) in [4.78, 5) is 11.6. The summed E-state index contributed by atoms with van der Waals surface area (Å²) in [5, 5.41) is 2.86. The van der Waals surface area contributed by atoms with Crippen molar-refractivity contribution < 1.29 is 4.79 Å². The van der Waals surface area contributed by atoms with Gasteiger partial charge in [0.15, 0.2) is 0 Å². The maximum Gasteiger partial charge on any atom is 0.244 e. The molecule has 3 nitrogen and oxygen atoms in total. The maximum absolute atomic E-state index is 11.6. The summed E-state index contributed by atoms with van der Waals surface area (Å²) in [5.41, 5.74) is 8.55. The van der Waals surface area contributed by atoms with Crippen LogP contribution in [0, 0.1) is 0 Å². The van der Waals surface area contributed by atoms with Gasteiger partial charge in [-0.25, -0.2) is 0 Å². The third-order valence-electron chi connectivity index (χ3n) is 2.92. The fourth-order valence-electron chi connectivity index (χ4n) is 1.81. The van der Waals surface area contributed by atoms with E-state index < -0.39 is 0 Å². The van der Waals surface area contributed by atoms with Gasteiger partial charge in [-0.2, -0.15) is 0 Å². The van der Waals surface area contributed by atoms with Crippen LogP contribution in [0.5, 0.6) is 0 Å². The van der Waals surface area contributed by atoms with E-state index in [1.165, 1.54) is 0 Å². The van der Waals surface area contributed by atoms with E-state index in [2.05, 4.69) is 5.32 Å². The number of carbonyl (C=O) groups is 1. The number of carbonyl (C=O) groups excluding carboxylic acids is 1. The van der Waals surface area contributed by atoms with Gasteiger partial charge in [-0.3, -0.25) is 4.79 Å². The molecule has 20 heavy (non-hydrogen) atoms. The molecule has 3 N–H and O–H groups in total. The minimum Gasteiger partial charge on any atom is -0.399 e. The van der Waals surface area contributed by atoms with Gasteiger partial charge in [0.2, 0.25) is 5.91 Å². The van der Waals surface area contributed by atoms with Crippen molar-refractivity contribution in [1.29, 1.82) is 0 Å². The molecule has 0 fully saturated rings. The summed E-state index contributed by atoms with van der Waals surface area (Å²) in [7, 11) is 0. The van der Waals surface area contributed by atoms with Crippen LogP contribution in [0.1, 0.15) is 11.1 Å². The second kappa shape index (κ2) is 7.14. The third kappa shape index (κ3) is 4.61. The predicted molar refractivity (Wildman–Crippen MR) is 83.0 cm³/mol. The van der Waals surface area contributed by atoms with Crippen molar-refractivity contribution in [3.8, 4) is 0 Å². The molecular formula is C17H18N2O. The summed E-state index contributed by atoms with van der Waals surface area (Å²) in [5.74, 6) is -0.0794. The van der Waals surface area contributed by atoms with E-state index in [1.807, 2.05) is 54.6 Å². The average Bonchev–Trinajstić information content (AvgIpc) is 2.48. The van der Waals surface area contributed by atoms with Crippen LogP contribution in [-0.4, -0.2) is 12.5 Å². The monoisotopic (exact) mass is 266 g/mol. The molecule has 0 heterocycles. The van der Waals surface area contributed by atoms with Gasteiger partial charge in [0.1, 0.15) is 0 Å². The van der Waals surface area contributed by atoms with Gasteiger partial charge < -0.3 is 11.1 Å². The molecule has 2 rings (SSSR count). The zero-order valence-electron chi connectivity index (χ0n) is 11.3. The first kappa shape index (κ1) is 13.9. The van der Waals surface area contributed by atoms with E-state index in [1.54, 1.807) is 12.2 Å². The molecule has 0 radical (unpaired) electrons. The Hall–Kier alpha value is -2.55. The van der Waals surface area contributed by atoms with Crippen LogP contribution in [0.4, 0.5) is 5.69 Å². The van der Waals surface area contributed by atoms with Crippen LogP contribution in [-0.2, 0) is 11.2 Å². The number of benzene rings is 2. The van der Waals surface area contributed by atoms with E-state index in [9.17, 15) is 4.79 Å². The van der Waals surface area contributed by atoms with Crippen molar-refractivity contribution >= 4 is 17.7 Å². The normalized spacial score (nSPS) is 10.6. The first-order valence-corrected chi connectivity index (χ1v) is 6.59. The summed E-state index contributed by atoms with van der Waals surface area (Å²) >= 11 is 0. The lowest BCUT2D eigenvalue weighted by Crippen LogP contribution is -2.23. The zero-order chi connectivity index (χ0) is 14.2. The van der Waals surface area contributed by atoms with Crippen molar-refractivity contribution in [2.75, 3.05) is 12.3 Å². The number of amides is 1. The van der Waals surface area contributed by atoms with Gasteiger partial charge in [-0.15, -0.1) is 0 Å². The van der Waals surface area contributed by atoms with E-state index >= 15 is 0 Å². The van der Waals surface area contributed by atoms with Crippen LogP contribution in [0.3, 0.4) is 0 Å². The van der Waals surface area contributed by atoms with Crippen LogP contribution in [0.2, 0.25) is 0 Å². The first-order valence-electron chi connectivity index (χ1n) is 6.59. The molecule has 0 atom stereocenters. The SMILES string of the molecule is Nc1ccc(CCNC(=O)C=Cc2ccccc2)cc1. The van der Waals surface area contributed by atoms with Crippen molar-refractivity contribution in [2.45, 2.75) is 6.42 Å². The van der Waals surface area contributed by atoms with Crippen molar-refractivity contribution in [3.63, 3.8) is 0 Å². The Morgan fingerprint density at radius 3 is 2.45 bits per heavy atom. The highest BCUT2D eigenvalue weighted by atomic mass is 16.1. The van der Waals surface area contributed by atoms with Gasteiger partial charge in [0.25, 0.3) is 0 Å². The lowest BCUT2D eigenvalue weighted by Gasteiger charge is -2.03. The third-order valence-corrected chi connectivity index (χ3v) is 2.92. The Balaban J connectivity index is 1.75. The molecule has 0 aromatic heterocycles. The van der Waals surface area contributed by atoms with E-state index in [4.69, 9.17) is 5.73 Å². The van der Waals surface area contributed by atoms with Crippen LogP contribution in [0.25, 0.3) is 6.08 Å². The summed E-state index contributed by atoms with van der Waals surface area (Å²) in [6.07, 6.45) is 4.15. The Bertz CT molecular complexity index is 574. The summed E-state index contributed by atoms with van der Waals surface area (Å²) < 4.78 is 0. The molecule has 0 aliphatic carbocycles. The quantitative estimate of drug-likeness (QED) is 0.645. The minimum atomic E-state index is -0.0794. The van der Waals surface area contributed by atoms with Gasteiger partial charge in [-0.1, -0.05) is 42.5 Å². The molecule has 0 saturated heterocycles. The molecule has 1 amide bonds. The molecule has 0 aliphatic rings.